The van der Waals surface area contributed by atoms with Gasteiger partial charge in [0.05, 0.1) is 64.3 Å². The number of hydrogen-bond acceptors (Lipinski definition) is 12. The molecule has 0 saturated heterocycles. The van der Waals surface area contributed by atoms with Gasteiger partial charge in [0.25, 0.3) is 0 Å². The smallest absolute Gasteiger partial charge is 0.237 e. The van der Waals surface area contributed by atoms with Gasteiger partial charge < -0.3 is 0 Å². The van der Waals surface area contributed by atoms with Gasteiger partial charge >= 0.3 is 0 Å². The topological polar surface area (TPSA) is 131 Å². The third-order valence-electron chi connectivity index (χ3n) is 27.0. The molecular weight excluding hydrogens is 1720 g/mol. The van der Waals surface area contributed by atoms with E-state index < -0.39 is 0 Å². The minimum atomic E-state index is 0.617. The number of hydrogen-bond donors (Lipinski definition) is 0. The van der Waals surface area contributed by atoms with Gasteiger partial charge in [-0.2, -0.15) is 15.0 Å². The Labute approximate surface area is 787 Å². The van der Waals surface area contributed by atoms with E-state index in [2.05, 4.69) is 390 Å². The molecule has 30 aromatic rings. The summed E-state index contributed by atoms with van der Waals surface area (Å²) in [5, 5.41) is 27.6. The fraction of sp³-hybridized carbons (Fsp3) is 0. The SMILES string of the molecule is c1ccc(-c2ccc(-c3nc(-n4c5ccccc5c5c6ccccc6c6c7ccccc7sc6c54)nc4ncccc34)cc2)cc1.c1ccc(-c2cccc(-c3nc(-n4c5ccccc5c5c6ccccc6c6c7ccccc7sc6c54)nc4ncccc34)c2)cc1.c1ccc2c(-c3nc(-n4c5ccccc5c5c6ccccc6c6c7ccccc7sc6c54)nc4ncccc34)cccc2c1. The molecule has 12 nitrogen and oxygen atoms in total. The molecule has 12 aromatic heterocycles. The van der Waals surface area contributed by atoms with Crippen LogP contribution >= 0.6 is 34.0 Å². The van der Waals surface area contributed by atoms with E-state index >= 15 is 0 Å². The third-order valence-corrected chi connectivity index (χ3v) is 30.5. The quantitative estimate of drug-likeness (QED) is 0.146. The highest BCUT2D eigenvalue weighted by Crippen LogP contribution is 2.53. The molecule has 12 heterocycles. The Morgan fingerprint density at radius 1 is 0.184 bits per heavy atom. The van der Waals surface area contributed by atoms with E-state index in [1.54, 1.807) is 0 Å². The van der Waals surface area contributed by atoms with Crippen molar-refractivity contribution >= 4 is 236 Å². The van der Waals surface area contributed by atoms with Crippen molar-refractivity contribution in [2.75, 3.05) is 0 Å². The van der Waals surface area contributed by atoms with Crippen LogP contribution in [0.25, 0.3) is 276 Å². The number of fused-ring (bicyclic) bond motifs is 34. The molecule has 0 N–H and O–H groups in total. The molecular formula is C121H70N12S3. The van der Waals surface area contributed by atoms with E-state index in [9.17, 15) is 0 Å². The first-order valence-corrected chi connectivity index (χ1v) is 47.9. The van der Waals surface area contributed by atoms with Gasteiger partial charge in [0.1, 0.15) is 0 Å². The van der Waals surface area contributed by atoms with Crippen molar-refractivity contribution in [1.29, 1.82) is 0 Å². The van der Waals surface area contributed by atoms with Crippen LogP contribution in [0.2, 0.25) is 0 Å². The Bertz CT molecular complexity index is 10200. The first kappa shape index (κ1) is 77.3. The Kier molecular flexibility index (Phi) is 17.7. The summed E-state index contributed by atoms with van der Waals surface area (Å²) in [6.07, 6.45) is 5.44. The predicted molar refractivity (Wildman–Crippen MR) is 571 cm³/mol. The van der Waals surface area contributed by atoms with Crippen molar-refractivity contribution in [2.24, 2.45) is 0 Å². The van der Waals surface area contributed by atoms with Crippen molar-refractivity contribution in [1.82, 2.24) is 58.6 Å². The van der Waals surface area contributed by atoms with Crippen molar-refractivity contribution in [2.45, 2.75) is 0 Å². The molecule has 0 saturated carbocycles. The number of rotatable bonds is 8. The first-order valence-electron chi connectivity index (χ1n) is 45.5. The molecule has 30 rings (SSSR count). The van der Waals surface area contributed by atoms with E-state index in [1.807, 2.05) is 82.9 Å². The van der Waals surface area contributed by atoms with Crippen LogP contribution in [0, 0.1) is 0 Å². The second kappa shape index (κ2) is 31.1. The second-order valence-corrected chi connectivity index (χ2v) is 37.6. The number of benzene rings is 18. The van der Waals surface area contributed by atoms with Gasteiger partial charge in [0.15, 0.2) is 16.9 Å². The maximum absolute atomic E-state index is 5.42. The summed E-state index contributed by atoms with van der Waals surface area (Å²) in [4.78, 5) is 46.0. The Morgan fingerprint density at radius 2 is 0.471 bits per heavy atom. The molecule has 0 fully saturated rings. The van der Waals surface area contributed by atoms with Crippen molar-refractivity contribution < 1.29 is 0 Å². The molecule has 0 bridgehead atoms. The van der Waals surface area contributed by atoms with Gasteiger partial charge in [-0.3, -0.25) is 13.7 Å². The number of nitrogens with zero attached hydrogens (tertiary/aromatic N) is 12. The molecule has 0 spiro atoms. The van der Waals surface area contributed by atoms with E-state index in [-0.39, 0.29) is 0 Å². The summed E-state index contributed by atoms with van der Waals surface area (Å²) in [5.74, 6) is 1.86. The van der Waals surface area contributed by atoms with E-state index in [0.29, 0.717) is 34.8 Å². The Balaban J connectivity index is 0.000000101. The van der Waals surface area contributed by atoms with Crippen molar-refractivity contribution in [3.63, 3.8) is 0 Å². The minimum absolute atomic E-state index is 0.617. The zero-order valence-electron chi connectivity index (χ0n) is 72.5. The third kappa shape index (κ3) is 12.0. The number of pyridine rings is 3. The van der Waals surface area contributed by atoms with Crippen LogP contribution in [0.5, 0.6) is 0 Å². The van der Waals surface area contributed by atoms with Crippen molar-refractivity contribution in [3.05, 3.63) is 425 Å². The van der Waals surface area contributed by atoms with Gasteiger partial charge in [-0.15, -0.1) is 34.0 Å². The second-order valence-electron chi connectivity index (χ2n) is 34.4. The van der Waals surface area contributed by atoms with Crippen molar-refractivity contribution in [3.8, 4) is 73.9 Å². The van der Waals surface area contributed by atoms with Gasteiger partial charge in [0, 0.05) is 130 Å². The average Bonchev–Trinajstić information content (AvgIpc) is 1.54. The maximum atomic E-state index is 5.42. The van der Waals surface area contributed by atoms with Crippen LogP contribution in [-0.4, -0.2) is 58.6 Å². The molecule has 18 aromatic carbocycles. The molecule has 0 aliphatic heterocycles. The fourth-order valence-corrected chi connectivity index (χ4v) is 24.9. The summed E-state index contributed by atoms with van der Waals surface area (Å²) in [6.45, 7) is 0. The highest BCUT2D eigenvalue weighted by Gasteiger charge is 2.30. The summed E-state index contributed by atoms with van der Waals surface area (Å²) in [6, 6.07) is 144. The molecule has 0 amide bonds. The zero-order chi connectivity index (χ0) is 89.2. The van der Waals surface area contributed by atoms with Crippen LogP contribution < -0.4 is 0 Å². The standard InChI is InChI=1S/2C41H24N4S.C39H22N4S/c1-2-12-25(13-3-1)26-14-10-15-27(24-26)37-32-20-11-23-42-40(32)44-41(43-37)45-33-21-8-6-18-30(33)35-28-16-4-5-17-29(28)36-31-19-7-9-22-34(31)46-39(36)38(35)45;1-2-11-25(12-3-1)26-20-22-27(23-21-26)37-32-17-10-24-42-40(32)44-41(43-37)45-33-18-8-6-15-30(33)35-28-13-4-5-14-29(28)36-31-16-7-9-19-34(31)46-39(36)38(35)45;1-2-13-24-23(11-1)12-9-18-27(24)35-30-19-10-22-40-38(30)42-39(41-35)43-31-20-7-5-16-28(31)33-25-14-3-4-15-26(25)34-29-17-6-8-21-32(29)44-37(34)36(33)43/h2*1-24H;1-22H. The molecule has 0 aliphatic carbocycles. The molecule has 0 aliphatic rings. The molecule has 0 radical (unpaired) electrons. The maximum Gasteiger partial charge on any atom is 0.237 e. The highest BCUT2D eigenvalue weighted by atomic mass is 32.1. The normalized spacial score (nSPS) is 12.0. The van der Waals surface area contributed by atoms with E-state index in [4.69, 9.17) is 44.9 Å². The molecule has 15 heteroatoms. The number of para-hydroxylation sites is 3. The lowest BCUT2D eigenvalue weighted by Gasteiger charge is -2.13. The van der Waals surface area contributed by atoms with Crippen LogP contribution in [0.3, 0.4) is 0 Å². The highest BCUT2D eigenvalue weighted by molar-refractivity contribution is 7.28. The van der Waals surface area contributed by atoms with Gasteiger partial charge in [-0.05, 0) is 144 Å². The minimum Gasteiger partial charge on any atom is -0.276 e. The van der Waals surface area contributed by atoms with E-state index in [1.165, 1.54) is 147 Å². The number of aromatic nitrogens is 12. The van der Waals surface area contributed by atoms with E-state index in [0.717, 1.165) is 94.0 Å². The van der Waals surface area contributed by atoms with Crippen LogP contribution in [-0.2, 0) is 0 Å². The largest absolute Gasteiger partial charge is 0.276 e. The molecule has 136 heavy (non-hydrogen) atoms. The summed E-state index contributed by atoms with van der Waals surface area (Å²) < 4.78 is 14.4. The summed E-state index contributed by atoms with van der Waals surface area (Å²) in [5.41, 5.74) is 19.1. The van der Waals surface area contributed by atoms with Crippen LogP contribution in [0.4, 0.5) is 0 Å². The van der Waals surface area contributed by atoms with Gasteiger partial charge in [0.2, 0.25) is 17.8 Å². The summed E-state index contributed by atoms with van der Waals surface area (Å²) >= 11 is 5.53. The average molecular weight is 1790 g/mol. The fourth-order valence-electron chi connectivity index (χ4n) is 21.2. The molecule has 0 atom stereocenters. The lowest BCUT2D eigenvalue weighted by molar-refractivity contribution is 1.01. The lowest BCUT2D eigenvalue weighted by Crippen LogP contribution is -2.04. The van der Waals surface area contributed by atoms with Crippen LogP contribution in [0.1, 0.15) is 0 Å². The zero-order valence-corrected chi connectivity index (χ0v) is 75.0. The molecule has 0 unspecified atom stereocenters. The van der Waals surface area contributed by atoms with Crippen LogP contribution in [0.15, 0.2) is 425 Å². The molecule has 632 valence electrons. The predicted octanol–water partition coefficient (Wildman–Crippen LogP) is 32.4. The Hall–Kier alpha value is -17.5. The number of thiophene rings is 3. The summed E-state index contributed by atoms with van der Waals surface area (Å²) in [7, 11) is 0. The monoisotopic (exact) mass is 1790 g/mol. The van der Waals surface area contributed by atoms with Gasteiger partial charge in [-0.25, -0.2) is 29.9 Å². The first-order chi connectivity index (χ1) is 67.5. The lowest BCUT2D eigenvalue weighted by atomic mass is 9.99. The Morgan fingerprint density at radius 3 is 0.897 bits per heavy atom. The van der Waals surface area contributed by atoms with Gasteiger partial charge in [-0.1, -0.05) is 328 Å².